The third-order valence-electron chi connectivity index (χ3n) is 8.27. The first kappa shape index (κ1) is 23.5. The van der Waals surface area contributed by atoms with E-state index in [1.807, 2.05) is 4.68 Å². The van der Waals surface area contributed by atoms with Gasteiger partial charge in [0, 0.05) is 11.3 Å². The van der Waals surface area contributed by atoms with E-state index >= 15 is 0 Å². The van der Waals surface area contributed by atoms with E-state index in [9.17, 15) is 13.2 Å². The summed E-state index contributed by atoms with van der Waals surface area (Å²) < 4.78 is 35.0. The van der Waals surface area contributed by atoms with Gasteiger partial charge in [-0.15, -0.1) is 5.10 Å². The van der Waals surface area contributed by atoms with Crippen LogP contribution < -0.4 is 10.0 Å². The van der Waals surface area contributed by atoms with Crippen LogP contribution in [0.1, 0.15) is 49.8 Å². The van der Waals surface area contributed by atoms with Crippen LogP contribution in [0.2, 0.25) is 5.28 Å². The van der Waals surface area contributed by atoms with Crippen molar-refractivity contribution in [1.82, 2.24) is 19.9 Å². The molecular formula is C24H27ClN6O4S. The molecule has 4 aliphatic carbocycles. The van der Waals surface area contributed by atoms with Gasteiger partial charge in [-0.05, 0) is 100 Å². The molecule has 3 aromatic rings. The molecule has 4 bridgehead atoms. The van der Waals surface area contributed by atoms with Crippen LogP contribution in [0.3, 0.4) is 0 Å². The van der Waals surface area contributed by atoms with Crippen molar-refractivity contribution in [3.63, 3.8) is 0 Å². The number of anilines is 2. The van der Waals surface area contributed by atoms with Gasteiger partial charge >= 0.3 is 0 Å². The second-order valence-corrected chi connectivity index (χ2v) is 12.8. The Labute approximate surface area is 213 Å². The van der Waals surface area contributed by atoms with E-state index in [1.54, 1.807) is 32.3 Å². The van der Waals surface area contributed by atoms with Crippen LogP contribution in [0.5, 0.6) is 0 Å². The molecule has 0 aliphatic heterocycles. The lowest BCUT2D eigenvalue weighted by Gasteiger charge is -2.60. The van der Waals surface area contributed by atoms with Gasteiger partial charge < -0.3 is 9.84 Å². The fourth-order valence-corrected chi connectivity index (χ4v) is 8.06. The molecule has 0 spiro atoms. The van der Waals surface area contributed by atoms with Gasteiger partial charge in [0.1, 0.15) is 6.33 Å². The second-order valence-electron chi connectivity index (χ2n) is 10.7. The van der Waals surface area contributed by atoms with Crippen molar-refractivity contribution < 1.29 is 17.7 Å². The number of rotatable bonds is 6. The number of hydrogen-bond acceptors (Lipinski definition) is 7. The topological polar surface area (TPSA) is 132 Å². The molecule has 4 fully saturated rings. The fraction of sp³-hybridized carbons (Fsp3) is 0.500. The number of nitrogens with one attached hydrogen (secondary N) is 2. The van der Waals surface area contributed by atoms with Crippen LogP contribution in [-0.4, -0.2) is 34.2 Å². The molecule has 4 aliphatic rings. The molecule has 2 aromatic heterocycles. The Kier molecular flexibility index (Phi) is 5.24. The van der Waals surface area contributed by atoms with Crippen LogP contribution in [0.4, 0.5) is 11.6 Å². The van der Waals surface area contributed by atoms with Crippen molar-refractivity contribution in [3.8, 4) is 0 Å². The molecule has 7 rings (SSSR count). The molecule has 12 heteroatoms. The number of halogens is 1. The maximum Gasteiger partial charge on any atom is 0.264 e. The summed E-state index contributed by atoms with van der Waals surface area (Å²) >= 11 is 6.03. The molecule has 2 heterocycles. The van der Waals surface area contributed by atoms with Crippen LogP contribution in [0, 0.1) is 31.1 Å². The number of benzene rings is 1. The number of sulfonamides is 1. The normalized spacial score (nSPS) is 28.9. The third-order valence-corrected chi connectivity index (χ3v) is 9.79. The lowest BCUT2D eigenvalue weighted by molar-refractivity contribution is -0.150. The van der Waals surface area contributed by atoms with E-state index < -0.39 is 15.4 Å². The lowest BCUT2D eigenvalue weighted by Crippen LogP contribution is -2.60. The zero-order valence-corrected chi connectivity index (χ0v) is 21.6. The van der Waals surface area contributed by atoms with Crippen molar-refractivity contribution >= 4 is 39.1 Å². The first-order valence-electron chi connectivity index (χ1n) is 12.0. The number of aromatic nitrogens is 4. The maximum absolute atomic E-state index is 13.7. The van der Waals surface area contributed by atoms with Crippen molar-refractivity contribution in [2.75, 3.05) is 10.0 Å². The molecule has 10 nitrogen and oxygen atoms in total. The minimum atomic E-state index is -3.86. The Morgan fingerprint density at radius 1 is 1.14 bits per heavy atom. The highest BCUT2D eigenvalue weighted by Crippen LogP contribution is 2.64. The number of carbonyl (C=O) groups is 1. The molecule has 2 N–H and O–H groups in total. The lowest BCUT2D eigenvalue weighted by atomic mass is 9.46. The second kappa shape index (κ2) is 8.04. The minimum absolute atomic E-state index is 0.0197. The van der Waals surface area contributed by atoms with Crippen molar-refractivity contribution in [2.45, 2.75) is 62.8 Å². The van der Waals surface area contributed by atoms with E-state index in [1.165, 1.54) is 12.1 Å². The van der Waals surface area contributed by atoms with Crippen molar-refractivity contribution in [3.05, 3.63) is 47.1 Å². The first-order chi connectivity index (χ1) is 17.1. The third kappa shape index (κ3) is 3.80. The minimum Gasteiger partial charge on any atom is -0.337 e. The monoisotopic (exact) mass is 530 g/mol. The number of aryl methyl sites for hydroxylation is 1. The quantitative estimate of drug-likeness (QED) is 0.486. The molecule has 0 unspecified atom stereocenters. The van der Waals surface area contributed by atoms with Crippen LogP contribution in [0.25, 0.3) is 0 Å². The van der Waals surface area contributed by atoms with Gasteiger partial charge in [-0.1, -0.05) is 5.16 Å². The molecular weight excluding hydrogens is 504 g/mol. The number of nitrogens with zero attached hydrogens (tertiary/aromatic N) is 4. The van der Waals surface area contributed by atoms with Gasteiger partial charge in [-0.3, -0.25) is 4.79 Å². The van der Waals surface area contributed by atoms with Gasteiger partial charge in [-0.2, -0.15) is 0 Å². The average Bonchev–Trinajstić information content (AvgIpc) is 3.40. The van der Waals surface area contributed by atoms with Crippen LogP contribution >= 0.6 is 11.6 Å². The summed E-state index contributed by atoms with van der Waals surface area (Å²) in [5, 5.41) is 11.5. The first-order valence-corrected chi connectivity index (χ1v) is 13.9. The number of hydrogen-bond donors (Lipinski definition) is 2. The standard InChI is InChI=1S/C24H27ClN6O4S/c1-14-15(2)29-35-20(14)30-36(33,34)19-5-3-18(4-6-19)27-21(32)23-8-16-7-17(9-23)11-24(10-16,12-23)31-13-26-22(25)28-31/h3-6,13,16-17,30H,7-12H2,1-2H3,(H,27,32)/t16-,17-,23?,24?/m1/s1. The summed E-state index contributed by atoms with van der Waals surface area (Å²) in [5.74, 6) is 0.992. The van der Waals surface area contributed by atoms with Crippen LogP contribution in [0.15, 0.2) is 40.0 Å². The van der Waals surface area contributed by atoms with Gasteiger partial charge in [0.25, 0.3) is 10.0 Å². The largest absolute Gasteiger partial charge is 0.337 e. The van der Waals surface area contributed by atoms with Crippen LogP contribution in [-0.2, 0) is 20.4 Å². The summed E-state index contributed by atoms with van der Waals surface area (Å²) in [6.45, 7) is 3.47. The van der Waals surface area contributed by atoms with Crippen molar-refractivity contribution in [1.29, 1.82) is 0 Å². The highest BCUT2D eigenvalue weighted by molar-refractivity contribution is 7.92. The van der Waals surface area contributed by atoms with E-state index in [0.717, 1.165) is 32.1 Å². The van der Waals surface area contributed by atoms with Gasteiger partial charge in [0.05, 0.1) is 21.5 Å². The Morgan fingerprint density at radius 2 is 1.83 bits per heavy atom. The van der Waals surface area contributed by atoms with E-state index in [0.29, 0.717) is 35.2 Å². The molecule has 1 aromatic carbocycles. The summed E-state index contributed by atoms with van der Waals surface area (Å²) in [6, 6.07) is 6.15. The highest BCUT2D eigenvalue weighted by Gasteiger charge is 2.61. The number of carbonyl (C=O) groups excluding carboxylic acids is 1. The molecule has 0 radical (unpaired) electrons. The average molecular weight is 531 g/mol. The predicted molar refractivity (Wildman–Crippen MR) is 132 cm³/mol. The Balaban J connectivity index is 1.20. The van der Waals surface area contributed by atoms with E-state index in [-0.39, 0.29) is 27.5 Å². The predicted octanol–water partition coefficient (Wildman–Crippen LogP) is 4.27. The fourth-order valence-electron chi connectivity index (χ4n) is 6.89. The Morgan fingerprint density at radius 3 is 2.42 bits per heavy atom. The molecule has 0 saturated heterocycles. The SMILES string of the molecule is Cc1noc(NS(=O)(=O)c2ccc(NC(=O)C34C[C@H]5C[C@H](C3)CC(n3cnc(Cl)n3)(C5)C4)cc2)c1C. The zero-order chi connectivity index (χ0) is 25.3. The molecule has 1 amide bonds. The Bertz CT molecular complexity index is 1430. The van der Waals surface area contributed by atoms with Gasteiger partial charge in [0.15, 0.2) is 0 Å². The molecule has 2 atom stereocenters. The Hall–Kier alpha value is -2.92. The van der Waals surface area contributed by atoms with Gasteiger partial charge in [0.2, 0.25) is 17.1 Å². The summed E-state index contributed by atoms with van der Waals surface area (Å²) in [5.41, 5.74) is 1.08. The molecule has 36 heavy (non-hydrogen) atoms. The van der Waals surface area contributed by atoms with E-state index in [4.69, 9.17) is 16.1 Å². The van der Waals surface area contributed by atoms with Gasteiger partial charge in [-0.25, -0.2) is 22.8 Å². The zero-order valence-electron chi connectivity index (χ0n) is 20.0. The summed E-state index contributed by atoms with van der Waals surface area (Å²) in [6.07, 6.45) is 7.21. The van der Waals surface area contributed by atoms with Crippen molar-refractivity contribution in [2.24, 2.45) is 17.3 Å². The highest BCUT2D eigenvalue weighted by atomic mass is 35.5. The summed E-state index contributed by atoms with van der Waals surface area (Å²) in [7, 11) is -3.86. The molecule has 190 valence electrons. The smallest absolute Gasteiger partial charge is 0.264 e. The summed E-state index contributed by atoms with van der Waals surface area (Å²) in [4.78, 5) is 17.9. The number of amides is 1. The molecule has 4 saturated carbocycles. The van der Waals surface area contributed by atoms with E-state index in [2.05, 4.69) is 25.3 Å². The maximum atomic E-state index is 13.7.